The van der Waals surface area contributed by atoms with Crippen molar-refractivity contribution in [3.63, 3.8) is 0 Å². The van der Waals surface area contributed by atoms with Crippen molar-refractivity contribution in [1.82, 2.24) is 9.62 Å². The van der Waals surface area contributed by atoms with E-state index in [-0.39, 0.29) is 11.1 Å². The highest BCUT2D eigenvalue weighted by atomic mass is 32.2. The highest BCUT2D eigenvalue weighted by Crippen LogP contribution is 2.43. The normalized spacial score (nSPS) is 22.5. The maximum absolute atomic E-state index is 14.1. The zero-order valence-electron chi connectivity index (χ0n) is 19.6. The predicted octanol–water partition coefficient (Wildman–Crippen LogP) is 4.13. The van der Waals surface area contributed by atoms with Gasteiger partial charge in [-0.15, -0.1) is 0 Å². The van der Waals surface area contributed by atoms with E-state index in [1.165, 1.54) is 43.2 Å². The molecule has 0 spiro atoms. The van der Waals surface area contributed by atoms with E-state index in [9.17, 15) is 12.8 Å². The van der Waals surface area contributed by atoms with Crippen LogP contribution in [-0.4, -0.2) is 52.4 Å². The summed E-state index contributed by atoms with van der Waals surface area (Å²) in [5, 5.41) is -0.0949. The van der Waals surface area contributed by atoms with Crippen molar-refractivity contribution in [3.05, 3.63) is 65.0 Å². The molecule has 3 aliphatic rings. The second-order valence-electron chi connectivity index (χ2n) is 9.40. The van der Waals surface area contributed by atoms with E-state index in [1.54, 1.807) is 13.2 Å². The molecular formula is C26H35FN2O3S. The van der Waals surface area contributed by atoms with E-state index in [1.807, 2.05) is 6.07 Å². The number of halogens is 1. The predicted molar refractivity (Wildman–Crippen MR) is 130 cm³/mol. The van der Waals surface area contributed by atoms with Crippen LogP contribution in [0.15, 0.2) is 42.5 Å². The van der Waals surface area contributed by atoms with Gasteiger partial charge in [-0.1, -0.05) is 36.8 Å². The zero-order valence-corrected chi connectivity index (χ0v) is 20.4. The Kier molecular flexibility index (Phi) is 7.72. The van der Waals surface area contributed by atoms with Crippen LogP contribution in [-0.2, 0) is 22.9 Å². The lowest BCUT2D eigenvalue weighted by atomic mass is 9.86. The van der Waals surface area contributed by atoms with Gasteiger partial charge in [0.1, 0.15) is 0 Å². The summed E-state index contributed by atoms with van der Waals surface area (Å²) in [6.07, 6.45) is 6.04. The van der Waals surface area contributed by atoms with Crippen LogP contribution < -0.4 is 9.46 Å². The van der Waals surface area contributed by atoms with E-state index >= 15 is 0 Å². The van der Waals surface area contributed by atoms with Crippen molar-refractivity contribution in [2.24, 2.45) is 5.92 Å². The molecule has 1 heterocycles. The van der Waals surface area contributed by atoms with Gasteiger partial charge in [-0.2, -0.15) is 0 Å². The van der Waals surface area contributed by atoms with Gasteiger partial charge in [-0.3, -0.25) is 0 Å². The third-order valence-electron chi connectivity index (χ3n) is 7.38. The maximum Gasteiger partial charge on any atom is 0.214 e. The van der Waals surface area contributed by atoms with E-state index < -0.39 is 10.0 Å². The Morgan fingerprint density at radius 2 is 1.85 bits per heavy atom. The maximum atomic E-state index is 14.1. The molecule has 2 aromatic carbocycles. The number of fused-ring (bicyclic) bond motifs is 1. The number of hydrogen-bond acceptors (Lipinski definition) is 4. The Morgan fingerprint density at radius 1 is 1.12 bits per heavy atom. The van der Waals surface area contributed by atoms with Crippen LogP contribution in [0.2, 0.25) is 0 Å². The van der Waals surface area contributed by atoms with Gasteiger partial charge < -0.3 is 9.64 Å². The van der Waals surface area contributed by atoms with Crippen LogP contribution in [0.5, 0.6) is 5.75 Å². The first-order valence-corrected chi connectivity index (χ1v) is 13.5. The molecule has 1 N–H and O–H groups in total. The lowest BCUT2D eigenvalue weighted by Gasteiger charge is -2.35. The first kappa shape index (κ1) is 24.2. The number of ether oxygens (including phenoxy) is 1. The Balaban J connectivity index is 0.000000243. The topological polar surface area (TPSA) is 58.6 Å². The average molecular weight is 475 g/mol. The number of nitrogens with zero attached hydrogens (tertiary/aromatic N) is 1. The SMILES string of the molecule is CNS(=O)(=O)C1CCC1.COc1cc2c(cc1F)CC(CN1CCC1)C2Cc1ccccc1. The number of nitrogens with one attached hydrogen (secondary N) is 1. The molecular weight excluding hydrogens is 439 g/mol. The molecule has 180 valence electrons. The van der Waals surface area contributed by atoms with Crippen molar-refractivity contribution in [3.8, 4) is 5.75 Å². The lowest BCUT2D eigenvalue weighted by Crippen LogP contribution is -2.41. The monoisotopic (exact) mass is 474 g/mol. The van der Waals surface area contributed by atoms with Gasteiger partial charge in [0.15, 0.2) is 11.6 Å². The summed E-state index contributed by atoms with van der Waals surface area (Å²) in [6.45, 7) is 3.54. The molecule has 1 saturated heterocycles. The minimum absolute atomic E-state index is 0.0949. The highest BCUT2D eigenvalue weighted by molar-refractivity contribution is 7.90. The van der Waals surface area contributed by atoms with Crippen molar-refractivity contribution in [1.29, 1.82) is 0 Å². The minimum atomic E-state index is -2.91. The average Bonchev–Trinajstić information content (AvgIpc) is 3.05. The quantitative estimate of drug-likeness (QED) is 0.656. The van der Waals surface area contributed by atoms with E-state index in [0.29, 0.717) is 17.6 Å². The van der Waals surface area contributed by atoms with Crippen molar-refractivity contribution in [2.75, 3.05) is 33.8 Å². The van der Waals surface area contributed by atoms with Gasteiger partial charge in [-0.05, 0) is 92.9 Å². The summed E-state index contributed by atoms with van der Waals surface area (Å²) in [5.41, 5.74) is 3.80. The van der Waals surface area contributed by atoms with Crippen molar-refractivity contribution >= 4 is 10.0 Å². The van der Waals surface area contributed by atoms with Gasteiger partial charge in [-0.25, -0.2) is 17.5 Å². The van der Waals surface area contributed by atoms with Gasteiger partial charge in [0.05, 0.1) is 12.4 Å². The lowest BCUT2D eigenvalue weighted by molar-refractivity contribution is 0.145. The molecule has 2 unspecified atom stereocenters. The number of sulfonamides is 1. The molecule has 2 aliphatic carbocycles. The standard InChI is InChI=1S/C21H24FNO.C5H11NO2S/c1-24-21-13-19-16(12-20(21)22)11-17(14-23-8-5-9-23)18(19)10-15-6-3-2-4-7-15;1-6-9(7,8)5-3-2-4-5/h2-4,6-7,12-13,17-18H,5,8-11,14H2,1H3;5-6H,2-4H2,1H3. The number of hydrogen-bond donors (Lipinski definition) is 1. The zero-order chi connectivity index (χ0) is 23.4. The molecule has 2 aromatic rings. The Hall–Kier alpha value is -1.96. The number of rotatable bonds is 7. The van der Waals surface area contributed by atoms with Crippen molar-refractivity contribution < 1.29 is 17.5 Å². The Labute approximate surface area is 197 Å². The van der Waals surface area contributed by atoms with Crippen LogP contribution in [0.25, 0.3) is 0 Å². The summed E-state index contributed by atoms with van der Waals surface area (Å²) in [7, 11) is 0.0996. The summed E-state index contributed by atoms with van der Waals surface area (Å²) in [4.78, 5) is 2.53. The Morgan fingerprint density at radius 3 is 2.36 bits per heavy atom. The summed E-state index contributed by atoms with van der Waals surface area (Å²) in [6, 6.07) is 14.3. The van der Waals surface area contributed by atoms with Crippen LogP contribution in [0.4, 0.5) is 4.39 Å². The van der Waals surface area contributed by atoms with Gasteiger partial charge >= 0.3 is 0 Å². The van der Waals surface area contributed by atoms with Crippen LogP contribution >= 0.6 is 0 Å². The van der Waals surface area contributed by atoms with Crippen LogP contribution in [0.3, 0.4) is 0 Å². The van der Waals surface area contributed by atoms with Crippen molar-refractivity contribution in [2.45, 2.75) is 49.7 Å². The summed E-state index contributed by atoms with van der Waals surface area (Å²) >= 11 is 0. The molecule has 5 nitrogen and oxygen atoms in total. The number of benzene rings is 2. The fourth-order valence-corrected chi connectivity index (χ4v) is 6.33. The molecule has 2 fully saturated rings. The Bertz CT molecular complexity index is 1040. The highest BCUT2D eigenvalue weighted by Gasteiger charge is 2.35. The minimum Gasteiger partial charge on any atom is -0.494 e. The molecule has 33 heavy (non-hydrogen) atoms. The van der Waals surface area contributed by atoms with Crippen LogP contribution in [0.1, 0.15) is 48.3 Å². The summed E-state index contributed by atoms with van der Waals surface area (Å²) in [5.74, 6) is 1.14. The molecule has 0 aromatic heterocycles. The molecule has 0 radical (unpaired) electrons. The molecule has 7 heteroatoms. The van der Waals surface area contributed by atoms with E-state index in [2.05, 4.69) is 40.0 Å². The first-order chi connectivity index (χ1) is 15.9. The summed E-state index contributed by atoms with van der Waals surface area (Å²) < 4.78 is 43.4. The second kappa shape index (κ2) is 10.5. The fraction of sp³-hybridized carbons (Fsp3) is 0.538. The van der Waals surface area contributed by atoms with E-state index in [0.717, 1.165) is 38.6 Å². The van der Waals surface area contributed by atoms with Gasteiger partial charge in [0.2, 0.25) is 10.0 Å². The number of methoxy groups -OCH3 is 1. The van der Waals surface area contributed by atoms with E-state index in [4.69, 9.17) is 4.74 Å². The largest absolute Gasteiger partial charge is 0.494 e. The third-order valence-corrected chi connectivity index (χ3v) is 9.30. The second-order valence-corrected chi connectivity index (χ2v) is 11.6. The first-order valence-electron chi connectivity index (χ1n) is 12.0. The third kappa shape index (κ3) is 5.58. The molecule has 1 saturated carbocycles. The number of likely N-dealkylation sites (tertiary alicyclic amines) is 1. The molecule has 1 aliphatic heterocycles. The van der Waals surface area contributed by atoms with Gasteiger partial charge in [0.25, 0.3) is 0 Å². The molecule has 2 atom stereocenters. The molecule has 0 amide bonds. The molecule has 5 rings (SSSR count). The van der Waals surface area contributed by atoms with Crippen LogP contribution in [0, 0.1) is 11.7 Å². The van der Waals surface area contributed by atoms with Gasteiger partial charge in [0, 0.05) is 6.54 Å². The smallest absolute Gasteiger partial charge is 0.214 e. The fourth-order valence-electron chi connectivity index (χ4n) is 5.05. The molecule has 0 bridgehead atoms.